The molecule has 0 radical (unpaired) electrons. The summed E-state index contributed by atoms with van der Waals surface area (Å²) in [5.74, 6) is 1.98. The van der Waals surface area contributed by atoms with Gasteiger partial charge in [-0.3, -0.25) is 9.30 Å². The van der Waals surface area contributed by atoms with Crippen LogP contribution in [0.15, 0.2) is 47.6 Å². The predicted octanol–water partition coefficient (Wildman–Crippen LogP) is 5.50. The number of aromatic nitrogens is 2. The molecule has 0 fully saturated rings. The molecule has 0 saturated carbocycles. The minimum Gasteiger partial charge on any atom is -0.325 e. The Morgan fingerprint density at radius 2 is 1.89 bits per heavy atom. The number of guanidine groups is 1. The third-order valence-corrected chi connectivity index (χ3v) is 4.86. The number of unbranched alkanes of at least 4 members (excludes halogenated alkanes) is 1. The Morgan fingerprint density at radius 3 is 2.64 bits per heavy atom. The van der Waals surface area contributed by atoms with Gasteiger partial charge in [0.1, 0.15) is 17.2 Å². The van der Waals surface area contributed by atoms with Gasteiger partial charge in [0.15, 0.2) is 0 Å². The predicted molar refractivity (Wildman–Crippen MR) is 118 cm³/mol. The second kappa shape index (κ2) is 6.97. The van der Waals surface area contributed by atoms with Gasteiger partial charge < -0.3 is 5.32 Å². The summed E-state index contributed by atoms with van der Waals surface area (Å²) in [5, 5.41) is 3.61. The van der Waals surface area contributed by atoms with Crippen LogP contribution in [-0.2, 0) is 0 Å². The van der Waals surface area contributed by atoms with Crippen molar-refractivity contribution in [1.29, 1.82) is 0 Å². The summed E-state index contributed by atoms with van der Waals surface area (Å²) in [6.45, 7) is 11.6. The van der Waals surface area contributed by atoms with Gasteiger partial charge >= 0.3 is 0 Å². The number of benzene rings is 1. The van der Waals surface area contributed by atoms with Gasteiger partial charge in [-0.2, -0.15) is 0 Å². The lowest BCUT2D eigenvalue weighted by atomic mass is 10.1. The Kier molecular flexibility index (Phi) is 4.61. The van der Waals surface area contributed by atoms with E-state index in [9.17, 15) is 0 Å². The molecule has 146 valence electrons. The van der Waals surface area contributed by atoms with E-state index in [4.69, 9.17) is 9.98 Å². The van der Waals surface area contributed by atoms with Gasteiger partial charge in [0.05, 0.1) is 11.2 Å². The highest BCUT2D eigenvalue weighted by Crippen LogP contribution is 2.39. The van der Waals surface area contributed by atoms with Crippen molar-refractivity contribution < 1.29 is 0 Å². The van der Waals surface area contributed by atoms with Gasteiger partial charge in [-0.1, -0.05) is 37.6 Å². The Hall–Kier alpha value is -2.82. The molecule has 1 N–H and O–H groups in total. The van der Waals surface area contributed by atoms with Crippen molar-refractivity contribution in [2.45, 2.75) is 53.0 Å². The summed E-state index contributed by atoms with van der Waals surface area (Å²) in [7, 11) is 0. The third kappa shape index (κ3) is 3.37. The molecule has 0 unspecified atom stereocenters. The first-order valence-electron chi connectivity index (χ1n) is 10.1. The fraction of sp³-hybridized carbons (Fsp3) is 0.391. The Bertz CT molecular complexity index is 1040. The van der Waals surface area contributed by atoms with Crippen molar-refractivity contribution in [3.05, 3.63) is 48.2 Å². The van der Waals surface area contributed by atoms with E-state index in [2.05, 4.69) is 91.8 Å². The van der Waals surface area contributed by atoms with Gasteiger partial charge in [-0.15, -0.1) is 0 Å². The number of aryl methyl sites for hydroxylation is 1. The summed E-state index contributed by atoms with van der Waals surface area (Å²) >= 11 is 0. The van der Waals surface area contributed by atoms with Crippen molar-refractivity contribution in [3.63, 3.8) is 0 Å². The van der Waals surface area contributed by atoms with Crippen molar-refractivity contribution in [3.8, 4) is 11.3 Å². The zero-order valence-electron chi connectivity index (χ0n) is 17.5. The van der Waals surface area contributed by atoms with E-state index in [1.54, 1.807) is 0 Å². The van der Waals surface area contributed by atoms with Crippen molar-refractivity contribution in [2.75, 3.05) is 16.8 Å². The molecule has 3 aromatic rings. The molecule has 28 heavy (non-hydrogen) atoms. The number of pyridine rings is 1. The van der Waals surface area contributed by atoms with E-state index in [0.29, 0.717) is 0 Å². The number of nitrogens with one attached hydrogen (secondary N) is 1. The molecule has 0 aliphatic carbocycles. The number of para-hydroxylation sites is 1. The van der Waals surface area contributed by atoms with E-state index in [1.807, 2.05) is 0 Å². The van der Waals surface area contributed by atoms with E-state index < -0.39 is 0 Å². The SMILES string of the molecule is CCCCN1C(=NC(C)(C)C)Nc2ccccc2-c2nc3ccc(C)cn3c21. The molecule has 0 amide bonds. The van der Waals surface area contributed by atoms with Crippen LogP contribution in [0.3, 0.4) is 0 Å². The van der Waals surface area contributed by atoms with E-state index in [-0.39, 0.29) is 5.54 Å². The molecular weight excluding hydrogens is 346 g/mol. The van der Waals surface area contributed by atoms with Gasteiger partial charge in [0.25, 0.3) is 0 Å². The maximum atomic E-state index is 5.06. The summed E-state index contributed by atoms with van der Waals surface area (Å²) in [5.41, 5.74) is 5.14. The van der Waals surface area contributed by atoms with Crippen LogP contribution in [-0.4, -0.2) is 27.4 Å². The minimum atomic E-state index is -0.192. The first-order valence-corrected chi connectivity index (χ1v) is 10.1. The second-order valence-electron chi connectivity index (χ2n) is 8.50. The molecule has 0 bridgehead atoms. The maximum Gasteiger partial charge on any atom is 0.204 e. The molecule has 0 atom stereocenters. The largest absolute Gasteiger partial charge is 0.325 e. The molecule has 5 heteroatoms. The first kappa shape index (κ1) is 18.5. The van der Waals surface area contributed by atoms with Gasteiger partial charge in [-0.25, -0.2) is 9.98 Å². The number of rotatable bonds is 3. The molecule has 2 aromatic heterocycles. The standard InChI is InChI=1S/C23H29N5/c1-6-7-14-27-21-20(25-19-13-12-16(2)15-28(19)21)17-10-8-9-11-18(17)24-22(27)26-23(3,4)5/h8-13,15H,6-7,14H2,1-5H3,(H,24,26). The lowest BCUT2D eigenvalue weighted by Gasteiger charge is -2.27. The average molecular weight is 376 g/mol. The van der Waals surface area contributed by atoms with Crippen molar-refractivity contribution >= 4 is 23.1 Å². The summed E-state index contributed by atoms with van der Waals surface area (Å²) < 4.78 is 2.21. The van der Waals surface area contributed by atoms with Crippen molar-refractivity contribution in [1.82, 2.24) is 9.38 Å². The lowest BCUT2D eigenvalue weighted by molar-refractivity contribution is 0.580. The van der Waals surface area contributed by atoms with Crippen LogP contribution < -0.4 is 10.2 Å². The van der Waals surface area contributed by atoms with Crippen LogP contribution >= 0.6 is 0 Å². The Labute approximate surface area is 167 Å². The minimum absolute atomic E-state index is 0.192. The highest BCUT2D eigenvalue weighted by atomic mass is 15.4. The zero-order valence-corrected chi connectivity index (χ0v) is 17.5. The molecule has 4 rings (SSSR count). The maximum absolute atomic E-state index is 5.06. The highest BCUT2D eigenvalue weighted by molar-refractivity contribution is 6.12. The normalized spacial score (nSPS) is 15.3. The van der Waals surface area contributed by atoms with Gasteiger partial charge in [0, 0.05) is 18.3 Å². The number of anilines is 2. The zero-order chi connectivity index (χ0) is 19.9. The number of aliphatic imine (C=N–C) groups is 1. The molecule has 5 nitrogen and oxygen atoms in total. The number of hydrogen-bond donors (Lipinski definition) is 1. The van der Waals surface area contributed by atoms with Crippen LogP contribution in [0.2, 0.25) is 0 Å². The summed E-state index contributed by atoms with van der Waals surface area (Å²) in [6, 6.07) is 12.6. The molecule has 1 aromatic carbocycles. The van der Waals surface area contributed by atoms with Crippen LogP contribution in [0.4, 0.5) is 11.5 Å². The molecule has 1 aliphatic heterocycles. The van der Waals surface area contributed by atoms with Crippen LogP contribution in [0.5, 0.6) is 0 Å². The molecule has 1 aliphatic rings. The molecular formula is C23H29N5. The van der Waals surface area contributed by atoms with Crippen LogP contribution in [0.1, 0.15) is 46.1 Å². The number of fused-ring (bicyclic) bond motifs is 5. The van der Waals surface area contributed by atoms with Crippen LogP contribution in [0.25, 0.3) is 16.9 Å². The van der Waals surface area contributed by atoms with E-state index in [0.717, 1.165) is 53.8 Å². The monoisotopic (exact) mass is 375 g/mol. The van der Waals surface area contributed by atoms with Crippen LogP contribution in [0, 0.1) is 6.92 Å². The fourth-order valence-electron chi connectivity index (χ4n) is 3.60. The van der Waals surface area contributed by atoms with E-state index >= 15 is 0 Å². The Morgan fingerprint density at radius 1 is 1.11 bits per heavy atom. The summed E-state index contributed by atoms with van der Waals surface area (Å²) in [6.07, 6.45) is 4.37. The number of hydrogen-bond acceptors (Lipinski definition) is 2. The topological polar surface area (TPSA) is 44.9 Å². The quantitative estimate of drug-likeness (QED) is 0.658. The first-order chi connectivity index (χ1) is 13.4. The fourth-order valence-corrected chi connectivity index (χ4v) is 3.60. The smallest absolute Gasteiger partial charge is 0.204 e. The Balaban J connectivity index is 2.04. The van der Waals surface area contributed by atoms with E-state index in [1.165, 1.54) is 5.56 Å². The lowest BCUT2D eigenvalue weighted by Crippen LogP contribution is -2.39. The molecule has 3 heterocycles. The number of imidazole rings is 1. The average Bonchev–Trinajstić information content (AvgIpc) is 2.94. The summed E-state index contributed by atoms with van der Waals surface area (Å²) in [4.78, 5) is 12.4. The second-order valence-corrected chi connectivity index (χ2v) is 8.50. The molecule has 0 spiro atoms. The van der Waals surface area contributed by atoms with Gasteiger partial charge in [-0.05, 0) is 51.8 Å². The van der Waals surface area contributed by atoms with Gasteiger partial charge in [0.2, 0.25) is 5.96 Å². The number of nitrogens with zero attached hydrogens (tertiary/aromatic N) is 4. The highest BCUT2D eigenvalue weighted by Gasteiger charge is 2.29. The molecule has 0 saturated heterocycles. The third-order valence-electron chi connectivity index (χ3n) is 4.86. The van der Waals surface area contributed by atoms with Crippen molar-refractivity contribution in [2.24, 2.45) is 4.99 Å².